The lowest BCUT2D eigenvalue weighted by molar-refractivity contribution is -0.139. The zero-order valence-corrected chi connectivity index (χ0v) is 14.0. The molecule has 0 unspecified atom stereocenters. The third-order valence-corrected chi connectivity index (χ3v) is 3.88. The summed E-state index contributed by atoms with van der Waals surface area (Å²) in [5.41, 5.74) is 6.52. The number of amides is 1. The summed E-state index contributed by atoms with van der Waals surface area (Å²) in [6.45, 7) is 4.86. The Morgan fingerprint density at radius 1 is 1.39 bits per heavy atom. The van der Waals surface area contributed by atoms with E-state index >= 15 is 0 Å². The molecular formula is C16H27FN2O4. The number of hydrogen-bond acceptors (Lipinski definition) is 5. The molecule has 7 heteroatoms. The van der Waals surface area contributed by atoms with Crippen LogP contribution in [-0.4, -0.2) is 49.4 Å². The molecule has 0 aliphatic heterocycles. The highest BCUT2D eigenvalue weighted by molar-refractivity contribution is 5.89. The van der Waals surface area contributed by atoms with Gasteiger partial charge in [-0.3, -0.25) is 4.79 Å². The summed E-state index contributed by atoms with van der Waals surface area (Å²) >= 11 is 0. The summed E-state index contributed by atoms with van der Waals surface area (Å²) in [5, 5.41) is 2.55. The molecule has 0 saturated heterocycles. The van der Waals surface area contributed by atoms with Gasteiger partial charge in [-0.15, -0.1) is 0 Å². The van der Waals surface area contributed by atoms with E-state index in [1.807, 2.05) is 13.8 Å². The molecule has 6 nitrogen and oxygen atoms in total. The molecule has 1 aliphatic carbocycles. The summed E-state index contributed by atoms with van der Waals surface area (Å²) in [7, 11) is 0. The van der Waals surface area contributed by atoms with Crippen molar-refractivity contribution in [3.05, 3.63) is 11.6 Å². The van der Waals surface area contributed by atoms with Crippen LogP contribution in [0.4, 0.5) is 4.39 Å². The maximum Gasteiger partial charge on any atom is 0.333 e. The molecule has 23 heavy (non-hydrogen) atoms. The summed E-state index contributed by atoms with van der Waals surface area (Å²) < 4.78 is 23.5. The Bertz CT molecular complexity index is 438. The van der Waals surface area contributed by atoms with Gasteiger partial charge in [0.1, 0.15) is 0 Å². The van der Waals surface area contributed by atoms with Gasteiger partial charge in [0.15, 0.2) is 6.67 Å². The number of hydrogen-bond donors (Lipinski definition) is 2. The third-order valence-electron chi connectivity index (χ3n) is 3.88. The van der Waals surface area contributed by atoms with Crippen LogP contribution in [0.1, 0.15) is 40.0 Å². The molecule has 0 fully saturated rings. The fraction of sp³-hybridized carbons (Fsp3) is 0.750. The van der Waals surface area contributed by atoms with Gasteiger partial charge in [0, 0.05) is 11.6 Å². The number of ether oxygens (including phenoxy) is 2. The Morgan fingerprint density at radius 3 is 2.57 bits per heavy atom. The van der Waals surface area contributed by atoms with Gasteiger partial charge in [-0.1, -0.05) is 13.8 Å². The maximum absolute atomic E-state index is 12.5. The average Bonchev–Trinajstić information content (AvgIpc) is 2.54. The first kappa shape index (κ1) is 19.6. The maximum atomic E-state index is 12.5. The van der Waals surface area contributed by atoms with Crippen molar-refractivity contribution in [1.82, 2.24) is 5.32 Å². The topological polar surface area (TPSA) is 90.6 Å². The molecule has 0 radical (unpaired) electrons. The van der Waals surface area contributed by atoms with E-state index in [1.54, 1.807) is 13.0 Å². The highest BCUT2D eigenvalue weighted by Crippen LogP contribution is 2.24. The molecule has 0 heterocycles. The Labute approximate surface area is 136 Å². The van der Waals surface area contributed by atoms with Gasteiger partial charge in [-0.25, -0.2) is 9.18 Å². The number of alkyl halides is 1. The fourth-order valence-corrected chi connectivity index (χ4v) is 2.61. The van der Waals surface area contributed by atoms with Crippen LogP contribution in [0, 0.1) is 0 Å². The number of esters is 1. The van der Waals surface area contributed by atoms with Gasteiger partial charge in [0.05, 0.1) is 24.9 Å². The summed E-state index contributed by atoms with van der Waals surface area (Å²) in [6, 6.07) is -1.12. The van der Waals surface area contributed by atoms with Crippen molar-refractivity contribution in [1.29, 1.82) is 0 Å². The van der Waals surface area contributed by atoms with E-state index < -0.39 is 36.7 Å². The quantitative estimate of drug-likeness (QED) is 0.653. The SMILES string of the molecule is CCOC(=O)C1=C[C@@H](OC(CC)CC)[C@H](NC(=O)CF)[C@@H](N)C1. The van der Waals surface area contributed by atoms with Crippen molar-refractivity contribution in [2.45, 2.75) is 64.3 Å². The number of halogens is 1. The molecule has 3 N–H and O–H groups in total. The van der Waals surface area contributed by atoms with Gasteiger partial charge < -0.3 is 20.5 Å². The molecule has 3 atom stereocenters. The molecule has 0 spiro atoms. The number of rotatable bonds is 8. The number of nitrogens with two attached hydrogens (primary N) is 1. The van der Waals surface area contributed by atoms with Gasteiger partial charge in [-0.05, 0) is 32.3 Å². The van der Waals surface area contributed by atoms with Crippen molar-refractivity contribution in [2.75, 3.05) is 13.3 Å². The normalized spacial score (nSPS) is 24.3. The second-order valence-corrected chi connectivity index (χ2v) is 5.55. The van der Waals surface area contributed by atoms with Crippen molar-refractivity contribution >= 4 is 11.9 Å². The minimum atomic E-state index is -1.12. The molecule has 132 valence electrons. The molecule has 1 aliphatic rings. The lowest BCUT2D eigenvalue weighted by Crippen LogP contribution is -2.57. The first-order chi connectivity index (χ1) is 11.0. The minimum absolute atomic E-state index is 0.0326. The van der Waals surface area contributed by atoms with Crippen LogP contribution in [0.5, 0.6) is 0 Å². The lowest BCUT2D eigenvalue weighted by atomic mass is 9.88. The van der Waals surface area contributed by atoms with E-state index in [0.717, 1.165) is 12.8 Å². The van der Waals surface area contributed by atoms with Gasteiger partial charge in [0.2, 0.25) is 0 Å². The first-order valence-corrected chi connectivity index (χ1v) is 8.10. The third kappa shape index (κ3) is 5.58. The zero-order valence-electron chi connectivity index (χ0n) is 14.0. The predicted molar refractivity (Wildman–Crippen MR) is 84.5 cm³/mol. The smallest absolute Gasteiger partial charge is 0.333 e. The fourth-order valence-electron chi connectivity index (χ4n) is 2.61. The van der Waals surface area contributed by atoms with Crippen LogP contribution >= 0.6 is 0 Å². The van der Waals surface area contributed by atoms with Crippen LogP contribution in [0.2, 0.25) is 0 Å². The Kier molecular flexibility index (Phi) is 8.19. The Morgan fingerprint density at radius 2 is 2.04 bits per heavy atom. The van der Waals surface area contributed by atoms with Crippen LogP contribution in [-0.2, 0) is 19.1 Å². The van der Waals surface area contributed by atoms with Crippen molar-refractivity contribution in [3.8, 4) is 0 Å². The van der Waals surface area contributed by atoms with Crippen LogP contribution < -0.4 is 11.1 Å². The summed E-state index contributed by atoms with van der Waals surface area (Å²) in [6.07, 6.45) is 2.85. The average molecular weight is 330 g/mol. The van der Waals surface area contributed by atoms with Gasteiger partial charge >= 0.3 is 5.97 Å². The van der Waals surface area contributed by atoms with E-state index in [2.05, 4.69) is 5.32 Å². The molecule has 0 aromatic heterocycles. The highest BCUT2D eigenvalue weighted by Gasteiger charge is 2.36. The number of nitrogens with one attached hydrogen (secondary N) is 1. The molecule has 1 amide bonds. The second-order valence-electron chi connectivity index (χ2n) is 5.55. The number of carbonyl (C=O) groups excluding carboxylic acids is 2. The van der Waals surface area contributed by atoms with E-state index in [4.69, 9.17) is 15.2 Å². The summed E-state index contributed by atoms with van der Waals surface area (Å²) in [5.74, 6) is -1.17. The highest BCUT2D eigenvalue weighted by atomic mass is 19.1. The number of carbonyl (C=O) groups is 2. The van der Waals surface area contributed by atoms with E-state index in [9.17, 15) is 14.0 Å². The van der Waals surface area contributed by atoms with Crippen molar-refractivity contribution in [3.63, 3.8) is 0 Å². The van der Waals surface area contributed by atoms with Gasteiger partial charge in [0.25, 0.3) is 5.91 Å². The predicted octanol–water partition coefficient (Wildman–Crippen LogP) is 1.23. The lowest BCUT2D eigenvalue weighted by Gasteiger charge is -2.36. The zero-order chi connectivity index (χ0) is 17.4. The molecule has 1 rings (SSSR count). The molecule has 0 bridgehead atoms. The molecule has 0 aromatic carbocycles. The second kappa shape index (κ2) is 9.62. The summed E-state index contributed by atoms with van der Waals surface area (Å²) in [4.78, 5) is 23.4. The standard InChI is InChI=1S/C16H27FN2O4/c1-4-11(5-2)23-13-8-10(16(21)22-6-3)7-12(18)15(13)19-14(20)9-17/h8,11-13,15H,4-7,9,18H2,1-3H3,(H,19,20)/t12-,13+,15+/m0/s1. The Balaban J connectivity index is 2.99. The van der Waals surface area contributed by atoms with Crippen LogP contribution in [0.25, 0.3) is 0 Å². The molecule has 0 saturated carbocycles. The van der Waals surface area contributed by atoms with E-state index in [-0.39, 0.29) is 19.1 Å². The largest absolute Gasteiger partial charge is 0.463 e. The van der Waals surface area contributed by atoms with E-state index in [1.165, 1.54) is 0 Å². The molecule has 0 aromatic rings. The first-order valence-electron chi connectivity index (χ1n) is 8.10. The van der Waals surface area contributed by atoms with Crippen molar-refractivity contribution in [2.24, 2.45) is 5.73 Å². The van der Waals surface area contributed by atoms with Crippen LogP contribution in [0.3, 0.4) is 0 Å². The monoisotopic (exact) mass is 330 g/mol. The minimum Gasteiger partial charge on any atom is -0.463 e. The van der Waals surface area contributed by atoms with E-state index in [0.29, 0.717) is 5.57 Å². The Hall–Kier alpha value is -1.47. The van der Waals surface area contributed by atoms with Gasteiger partial charge in [-0.2, -0.15) is 0 Å². The molecular weight excluding hydrogens is 303 g/mol. The van der Waals surface area contributed by atoms with Crippen molar-refractivity contribution < 1.29 is 23.5 Å². The van der Waals surface area contributed by atoms with Crippen LogP contribution in [0.15, 0.2) is 11.6 Å².